The monoisotopic (exact) mass is 362 g/mol. The second-order valence-corrected chi connectivity index (χ2v) is 8.22. The Morgan fingerprint density at radius 2 is 2.12 bits per heavy atom. The summed E-state index contributed by atoms with van der Waals surface area (Å²) in [5, 5.41) is 4.78. The molecule has 5 nitrogen and oxygen atoms in total. The molecule has 24 heavy (non-hydrogen) atoms. The number of aromatic nitrogens is 2. The van der Waals surface area contributed by atoms with Gasteiger partial charge in [0.05, 0.1) is 5.39 Å². The van der Waals surface area contributed by atoms with Gasteiger partial charge in [-0.2, -0.15) is 0 Å². The largest absolute Gasteiger partial charge is 0.364 e. The van der Waals surface area contributed by atoms with Crippen LogP contribution in [-0.2, 0) is 11.3 Å². The van der Waals surface area contributed by atoms with E-state index in [0.717, 1.165) is 40.7 Å². The first-order valence-electron chi connectivity index (χ1n) is 8.13. The van der Waals surface area contributed by atoms with Crippen LogP contribution >= 0.6 is 22.7 Å². The third kappa shape index (κ3) is 3.04. The molecule has 0 spiro atoms. The fourth-order valence-corrected chi connectivity index (χ4v) is 5.24. The molecule has 0 unspecified atom stereocenters. The molecule has 7 heteroatoms. The molecule has 2 N–H and O–H groups in total. The zero-order chi connectivity index (χ0) is 16.7. The summed E-state index contributed by atoms with van der Waals surface area (Å²) >= 11 is 3.19. The highest BCUT2D eigenvalue weighted by atomic mass is 32.1. The Hall–Kier alpha value is -1.54. The van der Waals surface area contributed by atoms with E-state index in [0.29, 0.717) is 5.39 Å². The standard InChI is InChI=1S/C17H19N3O2S2/c1-10-6-20(7-11(2)22-10)8-14-18-16(21)15-12(9-24-17(15)19-14)13-4-3-5-23-13/h3-5,9-11H,6-8H2,1-2H3,(H,18,19,21)/p+1/t10-,11-/m0/s1. The summed E-state index contributed by atoms with van der Waals surface area (Å²) in [4.78, 5) is 23.7. The fourth-order valence-electron chi connectivity index (χ4n) is 3.46. The lowest BCUT2D eigenvalue weighted by molar-refractivity contribution is -0.928. The van der Waals surface area contributed by atoms with Gasteiger partial charge < -0.3 is 14.6 Å². The average molecular weight is 363 g/mol. The molecule has 0 saturated carbocycles. The maximum absolute atomic E-state index is 12.6. The summed E-state index contributed by atoms with van der Waals surface area (Å²) in [5.74, 6) is 0.767. The van der Waals surface area contributed by atoms with Crippen LogP contribution in [0.4, 0.5) is 0 Å². The smallest absolute Gasteiger partial charge is 0.260 e. The van der Waals surface area contributed by atoms with E-state index in [4.69, 9.17) is 9.72 Å². The summed E-state index contributed by atoms with van der Waals surface area (Å²) < 4.78 is 5.78. The maximum atomic E-state index is 12.6. The first-order valence-corrected chi connectivity index (χ1v) is 9.89. The van der Waals surface area contributed by atoms with E-state index >= 15 is 0 Å². The Bertz CT molecular complexity index is 890. The Morgan fingerprint density at radius 3 is 2.83 bits per heavy atom. The molecule has 2 atom stereocenters. The minimum atomic E-state index is -0.0339. The van der Waals surface area contributed by atoms with Gasteiger partial charge in [-0.25, -0.2) is 4.98 Å². The van der Waals surface area contributed by atoms with Crippen molar-refractivity contribution in [3.8, 4) is 10.4 Å². The lowest BCUT2D eigenvalue weighted by atomic mass is 10.2. The van der Waals surface area contributed by atoms with Gasteiger partial charge in [-0.1, -0.05) is 6.07 Å². The summed E-state index contributed by atoms with van der Waals surface area (Å²) in [5.41, 5.74) is 0.958. The van der Waals surface area contributed by atoms with E-state index in [2.05, 4.69) is 18.8 Å². The number of quaternary nitrogens is 1. The minimum absolute atomic E-state index is 0.0339. The number of ether oxygens (including phenoxy) is 1. The first kappa shape index (κ1) is 16.0. The molecule has 0 amide bonds. The maximum Gasteiger partial charge on any atom is 0.260 e. The highest BCUT2D eigenvalue weighted by Gasteiger charge is 2.26. The van der Waals surface area contributed by atoms with Crippen molar-refractivity contribution in [1.29, 1.82) is 0 Å². The van der Waals surface area contributed by atoms with Crippen molar-refractivity contribution >= 4 is 32.9 Å². The van der Waals surface area contributed by atoms with Crippen molar-refractivity contribution < 1.29 is 9.64 Å². The SMILES string of the molecule is C[C@H]1C[NH+](Cc2nc3scc(-c4cccs4)c3c(=O)[nH]2)C[C@H](C)O1. The van der Waals surface area contributed by atoms with Crippen LogP contribution in [0.5, 0.6) is 0 Å². The summed E-state index contributed by atoms with van der Waals surface area (Å²) in [7, 11) is 0. The quantitative estimate of drug-likeness (QED) is 0.748. The summed E-state index contributed by atoms with van der Waals surface area (Å²) in [6.45, 7) is 6.81. The third-order valence-corrected chi connectivity index (χ3v) is 6.09. The molecule has 1 fully saturated rings. The Kier molecular flexibility index (Phi) is 4.26. The van der Waals surface area contributed by atoms with E-state index in [-0.39, 0.29) is 17.8 Å². The van der Waals surface area contributed by atoms with Gasteiger partial charge in [-0.3, -0.25) is 4.79 Å². The minimum Gasteiger partial charge on any atom is -0.364 e. The van der Waals surface area contributed by atoms with Gasteiger partial charge in [0.15, 0.2) is 5.82 Å². The van der Waals surface area contributed by atoms with Crippen LogP contribution < -0.4 is 10.5 Å². The van der Waals surface area contributed by atoms with Crippen LogP contribution in [0.25, 0.3) is 20.7 Å². The van der Waals surface area contributed by atoms with Crippen molar-refractivity contribution in [3.63, 3.8) is 0 Å². The number of nitrogens with zero attached hydrogens (tertiary/aromatic N) is 1. The molecule has 0 radical (unpaired) electrons. The molecule has 126 valence electrons. The van der Waals surface area contributed by atoms with Gasteiger partial charge >= 0.3 is 0 Å². The van der Waals surface area contributed by atoms with Crippen LogP contribution in [0.15, 0.2) is 27.7 Å². The molecule has 1 saturated heterocycles. The van der Waals surface area contributed by atoms with Crippen molar-refractivity contribution in [2.45, 2.75) is 32.6 Å². The molecule has 0 aromatic carbocycles. The zero-order valence-corrected chi connectivity index (χ0v) is 15.3. The highest BCUT2D eigenvalue weighted by molar-refractivity contribution is 7.18. The predicted octanol–water partition coefficient (Wildman–Crippen LogP) is 1.91. The number of aromatic amines is 1. The molecule has 3 aromatic rings. The second kappa shape index (κ2) is 6.40. The van der Waals surface area contributed by atoms with E-state index in [1.807, 2.05) is 22.9 Å². The van der Waals surface area contributed by atoms with Gasteiger partial charge in [0.25, 0.3) is 5.56 Å². The van der Waals surface area contributed by atoms with Gasteiger partial charge in [0, 0.05) is 15.8 Å². The molecule has 1 aliphatic heterocycles. The van der Waals surface area contributed by atoms with Gasteiger partial charge in [0.2, 0.25) is 0 Å². The normalized spacial score (nSPS) is 24.5. The second-order valence-electron chi connectivity index (χ2n) is 6.41. The van der Waals surface area contributed by atoms with Crippen molar-refractivity contribution in [2.24, 2.45) is 0 Å². The lowest BCUT2D eigenvalue weighted by Gasteiger charge is -2.32. The number of hydrogen-bond acceptors (Lipinski definition) is 5. The number of hydrogen-bond donors (Lipinski definition) is 2. The molecule has 1 aliphatic rings. The van der Waals surface area contributed by atoms with Crippen molar-refractivity contribution in [1.82, 2.24) is 9.97 Å². The van der Waals surface area contributed by atoms with E-state index in [9.17, 15) is 4.79 Å². The van der Waals surface area contributed by atoms with Crippen molar-refractivity contribution in [2.75, 3.05) is 13.1 Å². The molecule has 4 heterocycles. The van der Waals surface area contributed by atoms with Crippen LogP contribution in [-0.4, -0.2) is 35.3 Å². The number of morpholine rings is 1. The zero-order valence-electron chi connectivity index (χ0n) is 13.7. The number of fused-ring (bicyclic) bond motifs is 1. The van der Waals surface area contributed by atoms with Crippen LogP contribution in [0.3, 0.4) is 0 Å². The summed E-state index contributed by atoms with van der Waals surface area (Å²) in [6.07, 6.45) is 0.484. The molecule has 3 aromatic heterocycles. The molecule has 0 aliphatic carbocycles. The number of rotatable bonds is 3. The van der Waals surface area contributed by atoms with E-state index < -0.39 is 0 Å². The molecule has 4 rings (SSSR count). The first-order chi connectivity index (χ1) is 11.6. The van der Waals surface area contributed by atoms with E-state index in [1.54, 1.807) is 22.7 Å². The van der Waals surface area contributed by atoms with Crippen LogP contribution in [0.1, 0.15) is 19.7 Å². The van der Waals surface area contributed by atoms with Gasteiger partial charge in [0.1, 0.15) is 36.7 Å². The average Bonchev–Trinajstić information content (AvgIpc) is 3.14. The Balaban J connectivity index is 1.65. The lowest BCUT2D eigenvalue weighted by Crippen LogP contribution is -3.14. The Labute approximate surface area is 147 Å². The Morgan fingerprint density at radius 1 is 1.33 bits per heavy atom. The topological polar surface area (TPSA) is 59.4 Å². The third-order valence-electron chi connectivity index (χ3n) is 4.31. The molecular weight excluding hydrogens is 342 g/mol. The highest BCUT2D eigenvalue weighted by Crippen LogP contribution is 2.33. The number of nitrogens with one attached hydrogen (secondary N) is 2. The van der Waals surface area contributed by atoms with Gasteiger partial charge in [-0.15, -0.1) is 22.7 Å². The molecular formula is C17H20N3O2S2+. The van der Waals surface area contributed by atoms with E-state index in [1.165, 1.54) is 4.90 Å². The summed E-state index contributed by atoms with van der Waals surface area (Å²) in [6, 6.07) is 4.05. The predicted molar refractivity (Wildman–Crippen MR) is 98.0 cm³/mol. The van der Waals surface area contributed by atoms with Crippen LogP contribution in [0, 0.1) is 0 Å². The van der Waals surface area contributed by atoms with Crippen molar-refractivity contribution in [3.05, 3.63) is 39.1 Å². The van der Waals surface area contributed by atoms with Crippen LogP contribution in [0.2, 0.25) is 0 Å². The van der Waals surface area contributed by atoms with Gasteiger partial charge in [-0.05, 0) is 25.3 Å². The molecule has 0 bridgehead atoms. The number of H-pyrrole nitrogens is 1. The fraction of sp³-hybridized carbons (Fsp3) is 0.412. The number of thiophene rings is 2.